The highest BCUT2D eigenvalue weighted by molar-refractivity contribution is 5.69. The minimum atomic E-state index is -0.157. The number of rotatable bonds is 6. The standard InChI is InChI=1S/C13H18O3/c1-2-16-13(15)7-6-11-4-3-5-12(10-11)8-9-14/h3-5,10,14H,2,6-9H2,1H3. The highest BCUT2D eigenvalue weighted by atomic mass is 16.5. The summed E-state index contributed by atoms with van der Waals surface area (Å²) >= 11 is 0. The van der Waals surface area contributed by atoms with E-state index in [1.165, 1.54) is 0 Å². The third-order valence-corrected chi connectivity index (χ3v) is 2.31. The van der Waals surface area contributed by atoms with Gasteiger partial charge < -0.3 is 9.84 Å². The number of carbonyl (C=O) groups excluding carboxylic acids is 1. The molecule has 88 valence electrons. The summed E-state index contributed by atoms with van der Waals surface area (Å²) in [5.74, 6) is -0.157. The molecule has 16 heavy (non-hydrogen) atoms. The zero-order valence-electron chi connectivity index (χ0n) is 9.61. The number of aliphatic hydroxyl groups excluding tert-OH is 1. The van der Waals surface area contributed by atoms with Crippen molar-refractivity contribution >= 4 is 5.97 Å². The SMILES string of the molecule is CCOC(=O)CCc1cccc(CCO)c1. The molecule has 0 atom stereocenters. The average molecular weight is 222 g/mol. The summed E-state index contributed by atoms with van der Waals surface area (Å²) in [6.45, 7) is 2.39. The smallest absolute Gasteiger partial charge is 0.306 e. The Morgan fingerprint density at radius 1 is 1.31 bits per heavy atom. The number of esters is 1. The fourth-order valence-electron chi connectivity index (χ4n) is 1.55. The van der Waals surface area contributed by atoms with E-state index in [9.17, 15) is 4.79 Å². The summed E-state index contributed by atoms with van der Waals surface area (Å²) in [7, 11) is 0. The van der Waals surface area contributed by atoms with Crippen molar-refractivity contribution in [2.75, 3.05) is 13.2 Å². The van der Waals surface area contributed by atoms with Crippen molar-refractivity contribution in [1.29, 1.82) is 0 Å². The predicted octanol–water partition coefficient (Wildman–Crippen LogP) is 1.72. The second kappa shape index (κ2) is 7.01. The van der Waals surface area contributed by atoms with Crippen LogP contribution in [0.2, 0.25) is 0 Å². The summed E-state index contributed by atoms with van der Waals surface area (Å²) in [5, 5.41) is 8.82. The van der Waals surface area contributed by atoms with Crippen LogP contribution in [0.15, 0.2) is 24.3 Å². The van der Waals surface area contributed by atoms with Crippen molar-refractivity contribution in [3.63, 3.8) is 0 Å². The van der Waals surface area contributed by atoms with Crippen LogP contribution in [0.25, 0.3) is 0 Å². The summed E-state index contributed by atoms with van der Waals surface area (Å²) < 4.78 is 4.86. The van der Waals surface area contributed by atoms with Gasteiger partial charge in [-0.2, -0.15) is 0 Å². The molecule has 0 aliphatic rings. The van der Waals surface area contributed by atoms with Gasteiger partial charge in [0.05, 0.1) is 6.61 Å². The van der Waals surface area contributed by atoms with Crippen LogP contribution in [0.1, 0.15) is 24.5 Å². The Kier molecular flexibility index (Phi) is 5.57. The van der Waals surface area contributed by atoms with Gasteiger partial charge in [0.2, 0.25) is 0 Å². The largest absolute Gasteiger partial charge is 0.466 e. The third kappa shape index (κ3) is 4.45. The van der Waals surface area contributed by atoms with Crippen LogP contribution in [0, 0.1) is 0 Å². The van der Waals surface area contributed by atoms with E-state index in [-0.39, 0.29) is 12.6 Å². The van der Waals surface area contributed by atoms with Crippen LogP contribution < -0.4 is 0 Å². The number of ether oxygens (including phenoxy) is 1. The van der Waals surface area contributed by atoms with Crippen LogP contribution in [0.5, 0.6) is 0 Å². The minimum Gasteiger partial charge on any atom is -0.466 e. The zero-order valence-corrected chi connectivity index (χ0v) is 9.61. The Bertz CT molecular complexity index is 334. The minimum absolute atomic E-state index is 0.154. The van der Waals surface area contributed by atoms with E-state index in [1.54, 1.807) is 6.92 Å². The molecule has 0 unspecified atom stereocenters. The molecule has 0 radical (unpaired) electrons. The number of aryl methyl sites for hydroxylation is 1. The van der Waals surface area contributed by atoms with E-state index >= 15 is 0 Å². The highest BCUT2D eigenvalue weighted by Gasteiger charge is 2.03. The monoisotopic (exact) mass is 222 g/mol. The second-order valence-corrected chi connectivity index (χ2v) is 3.60. The molecule has 3 nitrogen and oxygen atoms in total. The Morgan fingerprint density at radius 2 is 2.00 bits per heavy atom. The first-order valence-electron chi connectivity index (χ1n) is 5.60. The molecule has 0 fully saturated rings. The lowest BCUT2D eigenvalue weighted by Crippen LogP contribution is -2.05. The van der Waals surface area contributed by atoms with Crippen molar-refractivity contribution in [1.82, 2.24) is 0 Å². The van der Waals surface area contributed by atoms with Gasteiger partial charge in [-0.25, -0.2) is 0 Å². The molecule has 3 heteroatoms. The van der Waals surface area contributed by atoms with Gasteiger partial charge in [0, 0.05) is 13.0 Å². The van der Waals surface area contributed by atoms with Crippen LogP contribution in [0.3, 0.4) is 0 Å². The van der Waals surface area contributed by atoms with Gasteiger partial charge >= 0.3 is 5.97 Å². The van der Waals surface area contributed by atoms with Crippen molar-refractivity contribution in [2.24, 2.45) is 0 Å². The average Bonchev–Trinajstić information content (AvgIpc) is 2.28. The maximum absolute atomic E-state index is 11.2. The summed E-state index contributed by atoms with van der Waals surface area (Å²) in [5.41, 5.74) is 2.21. The number of carbonyl (C=O) groups is 1. The van der Waals surface area contributed by atoms with Gasteiger partial charge in [-0.05, 0) is 30.9 Å². The molecule has 0 aliphatic carbocycles. The predicted molar refractivity (Wildman–Crippen MR) is 62.2 cm³/mol. The van der Waals surface area contributed by atoms with Crippen molar-refractivity contribution in [3.8, 4) is 0 Å². The van der Waals surface area contributed by atoms with E-state index in [0.717, 1.165) is 11.1 Å². The molecule has 0 saturated carbocycles. The van der Waals surface area contributed by atoms with E-state index in [1.807, 2.05) is 24.3 Å². The van der Waals surface area contributed by atoms with Gasteiger partial charge in [-0.3, -0.25) is 4.79 Å². The first-order chi connectivity index (χ1) is 7.76. The summed E-state index contributed by atoms with van der Waals surface area (Å²) in [6, 6.07) is 7.94. The number of benzene rings is 1. The Labute approximate surface area is 96.1 Å². The molecule has 0 heterocycles. The fourth-order valence-corrected chi connectivity index (χ4v) is 1.55. The van der Waals surface area contributed by atoms with Gasteiger partial charge in [0.15, 0.2) is 0 Å². The molecule has 0 amide bonds. The van der Waals surface area contributed by atoms with Gasteiger partial charge in [0.25, 0.3) is 0 Å². The van der Waals surface area contributed by atoms with Crippen molar-refractivity contribution in [3.05, 3.63) is 35.4 Å². The Morgan fingerprint density at radius 3 is 2.62 bits per heavy atom. The molecule has 0 saturated heterocycles. The number of aliphatic hydroxyl groups is 1. The number of hydrogen-bond acceptors (Lipinski definition) is 3. The van der Waals surface area contributed by atoms with E-state index in [4.69, 9.17) is 9.84 Å². The number of hydrogen-bond donors (Lipinski definition) is 1. The third-order valence-electron chi connectivity index (χ3n) is 2.31. The lowest BCUT2D eigenvalue weighted by atomic mass is 10.0. The fraction of sp³-hybridized carbons (Fsp3) is 0.462. The molecule has 0 spiro atoms. The van der Waals surface area contributed by atoms with Crippen molar-refractivity contribution in [2.45, 2.75) is 26.2 Å². The molecule has 0 aliphatic heterocycles. The van der Waals surface area contributed by atoms with E-state index < -0.39 is 0 Å². The van der Waals surface area contributed by atoms with Gasteiger partial charge in [0.1, 0.15) is 0 Å². The molecule has 0 bridgehead atoms. The molecule has 1 aromatic carbocycles. The van der Waals surface area contributed by atoms with E-state index in [0.29, 0.717) is 25.9 Å². The quantitative estimate of drug-likeness (QED) is 0.745. The molecular formula is C13H18O3. The maximum Gasteiger partial charge on any atom is 0.306 e. The topological polar surface area (TPSA) is 46.5 Å². The highest BCUT2D eigenvalue weighted by Crippen LogP contribution is 2.08. The normalized spacial score (nSPS) is 10.1. The maximum atomic E-state index is 11.2. The molecule has 1 aromatic rings. The summed E-state index contributed by atoms with van der Waals surface area (Å²) in [4.78, 5) is 11.2. The summed E-state index contributed by atoms with van der Waals surface area (Å²) in [6.07, 6.45) is 1.77. The lowest BCUT2D eigenvalue weighted by Gasteiger charge is -2.04. The van der Waals surface area contributed by atoms with Gasteiger partial charge in [-0.15, -0.1) is 0 Å². The van der Waals surface area contributed by atoms with Crippen LogP contribution >= 0.6 is 0 Å². The van der Waals surface area contributed by atoms with Crippen LogP contribution in [-0.4, -0.2) is 24.3 Å². The van der Waals surface area contributed by atoms with Crippen molar-refractivity contribution < 1.29 is 14.6 Å². The lowest BCUT2D eigenvalue weighted by molar-refractivity contribution is -0.143. The van der Waals surface area contributed by atoms with E-state index in [2.05, 4.69) is 0 Å². The Hall–Kier alpha value is -1.35. The zero-order chi connectivity index (χ0) is 11.8. The molecule has 1 N–H and O–H groups in total. The van der Waals surface area contributed by atoms with Crippen LogP contribution in [-0.2, 0) is 22.4 Å². The second-order valence-electron chi connectivity index (χ2n) is 3.60. The first kappa shape index (κ1) is 12.7. The first-order valence-corrected chi connectivity index (χ1v) is 5.60. The Balaban J connectivity index is 2.47. The molecule has 1 rings (SSSR count). The molecule has 0 aromatic heterocycles. The van der Waals surface area contributed by atoms with Gasteiger partial charge in [-0.1, -0.05) is 24.3 Å². The van der Waals surface area contributed by atoms with Crippen LogP contribution in [0.4, 0.5) is 0 Å². The molecular weight excluding hydrogens is 204 g/mol.